The van der Waals surface area contributed by atoms with Crippen LogP contribution in [0.4, 0.5) is 0 Å². The maximum Gasteiger partial charge on any atom is 0.351 e. The van der Waals surface area contributed by atoms with E-state index in [1.165, 1.54) is 0 Å². The quantitative estimate of drug-likeness (QED) is 0.475. The van der Waals surface area contributed by atoms with E-state index in [1.54, 1.807) is 11.9 Å². The second kappa shape index (κ2) is 1.97. The Morgan fingerprint density at radius 1 is 1.89 bits per heavy atom. The molecule has 0 unspecified atom stereocenters. The van der Waals surface area contributed by atoms with Gasteiger partial charge in [0.15, 0.2) is 0 Å². The van der Waals surface area contributed by atoms with Crippen LogP contribution in [0.3, 0.4) is 0 Å². The second-order valence-corrected chi connectivity index (χ2v) is 1.88. The van der Waals surface area contributed by atoms with Gasteiger partial charge in [-0.3, -0.25) is 0 Å². The molecule has 0 saturated carbocycles. The maximum atomic E-state index is 10.5. The minimum atomic E-state index is -0.287. The molecule has 1 heterocycles. The molecule has 0 bridgehead atoms. The first-order valence-electron chi connectivity index (χ1n) is 2.56. The molecule has 1 aliphatic rings. The molecule has 1 fully saturated rings. The summed E-state index contributed by atoms with van der Waals surface area (Å²) in [4.78, 5) is 16.6. The fourth-order valence-electron chi connectivity index (χ4n) is 0.515. The SMILES string of the molecule is C=C1NOC(=O)CN1C. The van der Waals surface area contributed by atoms with Crippen molar-refractivity contribution in [1.29, 1.82) is 0 Å². The average molecular weight is 128 g/mol. The molecule has 50 valence electrons. The first-order chi connectivity index (χ1) is 4.20. The maximum absolute atomic E-state index is 10.5. The number of rotatable bonds is 0. The summed E-state index contributed by atoms with van der Waals surface area (Å²) in [6, 6.07) is 0. The minimum absolute atomic E-state index is 0.270. The zero-order valence-corrected chi connectivity index (χ0v) is 5.18. The van der Waals surface area contributed by atoms with Gasteiger partial charge in [0.2, 0.25) is 0 Å². The van der Waals surface area contributed by atoms with Crippen molar-refractivity contribution in [3.05, 3.63) is 12.4 Å². The van der Waals surface area contributed by atoms with Crippen molar-refractivity contribution in [2.45, 2.75) is 0 Å². The lowest BCUT2D eigenvalue weighted by Gasteiger charge is -2.25. The van der Waals surface area contributed by atoms with Crippen molar-refractivity contribution < 1.29 is 9.63 Å². The summed E-state index contributed by atoms with van der Waals surface area (Å²) < 4.78 is 0. The summed E-state index contributed by atoms with van der Waals surface area (Å²) in [5, 5.41) is 0. The highest BCUT2D eigenvalue weighted by Gasteiger charge is 2.15. The molecule has 0 aromatic carbocycles. The molecule has 4 heteroatoms. The van der Waals surface area contributed by atoms with Crippen molar-refractivity contribution in [2.75, 3.05) is 13.6 Å². The van der Waals surface area contributed by atoms with Crippen LogP contribution >= 0.6 is 0 Å². The van der Waals surface area contributed by atoms with Crippen LogP contribution in [0.15, 0.2) is 12.4 Å². The van der Waals surface area contributed by atoms with Gasteiger partial charge < -0.3 is 9.74 Å². The highest BCUT2D eigenvalue weighted by molar-refractivity contribution is 5.72. The van der Waals surface area contributed by atoms with Crippen LogP contribution in [0.5, 0.6) is 0 Å². The van der Waals surface area contributed by atoms with Crippen LogP contribution in [0.2, 0.25) is 0 Å². The monoisotopic (exact) mass is 128 g/mol. The van der Waals surface area contributed by atoms with E-state index < -0.39 is 0 Å². The number of likely N-dealkylation sites (N-methyl/N-ethyl adjacent to an activating group) is 1. The third kappa shape index (κ3) is 1.13. The lowest BCUT2D eigenvalue weighted by Crippen LogP contribution is -2.41. The van der Waals surface area contributed by atoms with Gasteiger partial charge >= 0.3 is 5.97 Å². The van der Waals surface area contributed by atoms with Gasteiger partial charge in [0.05, 0.1) is 0 Å². The Hall–Kier alpha value is -1.19. The second-order valence-electron chi connectivity index (χ2n) is 1.88. The van der Waals surface area contributed by atoms with Crippen LogP contribution in [0.25, 0.3) is 0 Å². The molecule has 0 spiro atoms. The molecule has 1 saturated heterocycles. The summed E-state index contributed by atoms with van der Waals surface area (Å²) in [5.41, 5.74) is 2.36. The van der Waals surface area contributed by atoms with E-state index in [2.05, 4.69) is 16.9 Å². The normalized spacial score (nSPS) is 19.0. The third-order valence-electron chi connectivity index (χ3n) is 1.11. The molecule has 1 N–H and O–H groups in total. The van der Waals surface area contributed by atoms with Crippen molar-refractivity contribution in [1.82, 2.24) is 10.4 Å². The van der Waals surface area contributed by atoms with Crippen molar-refractivity contribution in [2.24, 2.45) is 0 Å². The molecule has 0 aromatic heterocycles. The molecule has 1 rings (SSSR count). The Morgan fingerprint density at radius 3 is 3.00 bits per heavy atom. The average Bonchev–Trinajstić information content (AvgIpc) is 1.80. The molecule has 0 aromatic rings. The summed E-state index contributed by atoms with van der Waals surface area (Å²) in [5.74, 6) is 0.319. The largest absolute Gasteiger partial charge is 0.351 e. The predicted octanol–water partition coefficient (Wildman–Crippen LogP) is -0.549. The Kier molecular flexibility index (Phi) is 1.30. The molecule has 0 radical (unpaired) electrons. The molecule has 4 nitrogen and oxygen atoms in total. The smallest absolute Gasteiger partial charge is 0.348 e. The van der Waals surface area contributed by atoms with Gasteiger partial charge in [-0.05, 0) is 0 Å². The van der Waals surface area contributed by atoms with E-state index in [4.69, 9.17) is 0 Å². The summed E-state index contributed by atoms with van der Waals surface area (Å²) >= 11 is 0. The van der Waals surface area contributed by atoms with E-state index >= 15 is 0 Å². The van der Waals surface area contributed by atoms with Crippen molar-refractivity contribution >= 4 is 5.97 Å². The predicted molar refractivity (Wildman–Crippen MR) is 31.0 cm³/mol. The fourth-order valence-corrected chi connectivity index (χ4v) is 0.515. The summed E-state index contributed by atoms with van der Waals surface area (Å²) in [6.45, 7) is 3.84. The van der Waals surface area contributed by atoms with Crippen LogP contribution in [0, 0.1) is 0 Å². The van der Waals surface area contributed by atoms with Gasteiger partial charge in [-0.15, -0.1) is 0 Å². The Morgan fingerprint density at radius 2 is 2.56 bits per heavy atom. The fraction of sp³-hybridized carbons (Fsp3) is 0.400. The van der Waals surface area contributed by atoms with E-state index in [0.29, 0.717) is 5.82 Å². The number of hydrogen-bond donors (Lipinski definition) is 1. The Labute approximate surface area is 53.0 Å². The molecule has 1 aliphatic heterocycles. The molecule has 0 atom stereocenters. The van der Waals surface area contributed by atoms with Gasteiger partial charge in [-0.2, -0.15) is 0 Å². The van der Waals surface area contributed by atoms with Gasteiger partial charge in [0.25, 0.3) is 0 Å². The van der Waals surface area contributed by atoms with Crippen molar-refractivity contribution in [3.63, 3.8) is 0 Å². The first-order valence-corrected chi connectivity index (χ1v) is 2.56. The van der Waals surface area contributed by atoms with Crippen molar-refractivity contribution in [3.8, 4) is 0 Å². The van der Waals surface area contributed by atoms with Crippen LogP contribution in [-0.2, 0) is 9.63 Å². The van der Waals surface area contributed by atoms with Gasteiger partial charge in [-0.25, -0.2) is 10.3 Å². The highest BCUT2D eigenvalue weighted by Crippen LogP contribution is 1.98. The van der Waals surface area contributed by atoms with E-state index in [-0.39, 0.29) is 12.5 Å². The Bertz CT molecular complexity index is 155. The summed E-state index contributed by atoms with van der Waals surface area (Å²) in [6.07, 6.45) is 0. The molecule has 0 aliphatic carbocycles. The van der Waals surface area contributed by atoms with E-state index in [0.717, 1.165) is 0 Å². The third-order valence-corrected chi connectivity index (χ3v) is 1.11. The van der Waals surface area contributed by atoms with Gasteiger partial charge in [-0.1, -0.05) is 6.58 Å². The Balaban J connectivity index is 2.54. The van der Waals surface area contributed by atoms with Gasteiger partial charge in [0, 0.05) is 7.05 Å². The number of carbonyl (C=O) groups is 1. The van der Waals surface area contributed by atoms with Gasteiger partial charge in [0.1, 0.15) is 12.4 Å². The lowest BCUT2D eigenvalue weighted by molar-refractivity contribution is -0.156. The van der Waals surface area contributed by atoms with Crippen LogP contribution in [-0.4, -0.2) is 24.5 Å². The van der Waals surface area contributed by atoms with Crippen LogP contribution < -0.4 is 5.48 Å². The van der Waals surface area contributed by atoms with E-state index in [1.807, 2.05) is 0 Å². The lowest BCUT2D eigenvalue weighted by atomic mass is 10.5. The molecule has 0 amide bonds. The molecular formula is C5H8N2O2. The number of hydrogen-bond acceptors (Lipinski definition) is 4. The number of nitrogens with zero attached hydrogens (tertiary/aromatic N) is 1. The first kappa shape index (κ1) is 5.94. The minimum Gasteiger partial charge on any atom is -0.348 e. The zero-order valence-electron chi connectivity index (χ0n) is 5.18. The standard InChI is InChI=1S/C5H8N2O2/c1-4-6-9-5(8)3-7(4)2/h6H,1,3H2,2H3. The summed E-state index contributed by atoms with van der Waals surface area (Å²) in [7, 11) is 1.76. The molecule has 9 heavy (non-hydrogen) atoms. The number of carbonyl (C=O) groups excluding carboxylic acids is 1. The highest BCUT2D eigenvalue weighted by atomic mass is 16.7. The zero-order chi connectivity index (χ0) is 6.85. The topological polar surface area (TPSA) is 41.6 Å². The number of nitrogens with one attached hydrogen (secondary N) is 1. The molecular weight excluding hydrogens is 120 g/mol. The number of hydroxylamine groups is 1. The van der Waals surface area contributed by atoms with E-state index in [9.17, 15) is 4.79 Å². The van der Waals surface area contributed by atoms with Crippen LogP contribution in [0.1, 0.15) is 0 Å².